The molecule has 2 aromatic rings. The Morgan fingerprint density at radius 1 is 1.20 bits per heavy atom. The zero-order chi connectivity index (χ0) is 14.8. The molecule has 0 aliphatic heterocycles. The molecule has 0 unspecified atom stereocenters. The lowest BCUT2D eigenvalue weighted by molar-refractivity contribution is 0.595. The average Bonchev–Trinajstić information content (AvgIpc) is 2.41. The largest absolute Gasteiger partial charge is 0.398 e. The van der Waals surface area contributed by atoms with E-state index in [1.807, 2.05) is 0 Å². The average molecular weight is 290 g/mol. The van der Waals surface area contributed by atoms with Crippen molar-refractivity contribution in [2.45, 2.75) is 10.6 Å². The van der Waals surface area contributed by atoms with Crippen LogP contribution in [0.1, 0.15) is 11.1 Å². The molecule has 0 bridgehead atoms. The molecular weight excluding hydrogens is 279 g/mol. The first-order chi connectivity index (χ1) is 9.44. The molecule has 20 heavy (non-hydrogen) atoms. The second-order valence-electron chi connectivity index (χ2n) is 4.22. The molecule has 0 aromatic heterocycles. The highest BCUT2D eigenvalue weighted by Crippen LogP contribution is 2.22. The van der Waals surface area contributed by atoms with Crippen molar-refractivity contribution in [3.8, 4) is 6.07 Å². The minimum atomic E-state index is -3.64. The van der Waals surface area contributed by atoms with Gasteiger partial charge < -0.3 is 5.73 Å². The van der Waals surface area contributed by atoms with Gasteiger partial charge in [-0.05, 0) is 29.8 Å². The fourth-order valence-electron chi connectivity index (χ4n) is 1.81. The molecule has 0 aliphatic carbocycles. The van der Waals surface area contributed by atoms with Gasteiger partial charge in [0, 0.05) is 0 Å². The Morgan fingerprint density at radius 2 is 1.90 bits per heavy atom. The molecule has 102 valence electrons. The molecule has 0 aliphatic rings. The molecule has 0 fully saturated rings. The van der Waals surface area contributed by atoms with Crippen LogP contribution < -0.4 is 5.73 Å². The van der Waals surface area contributed by atoms with Crippen molar-refractivity contribution in [1.82, 2.24) is 0 Å². The maximum atomic E-state index is 13.2. The van der Waals surface area contributed by atoms with Crippen molar-refractivity contribution >= 4 is 15.5 Å². The third-order valence-corrected chi connectivity index (χ3v) is 4.52. The van der Waals surface area contributed by atoms with Crippen LogP contribution in [0.3, 0.4) is 0 Å². The van der Waals surface area contributed by atoms with E-state index in [1.54, 1.807) is 18.2 Å². The molecule has 0 saturated heterocycles. The van der Waals surface area contributed by atoms with Crippen LogP contribution in [0, 0.1) is 17.1 Å². The Kier molecular flexibility index (Phi) is 3.72. The van der Waals surface area contributed by atoms with Crippen LogP contribution in [-0.4, -0.2) is 8.42 Å². The number of hydrogen-bond donors (Lipinski definition) is 1. The molecule has 6 heteroatoms. The van der Waals surface area contributed by atoms with E-state index in [9.17, 15) is 12.8 Å². The van der Waals surface area contributed by atoms with Gasteiger partial charge in [-0.2, -0.15) is 5.26 Å². The number of nitrogens with two attached hydrogens (primary N) is 1. The van der Waals surface area contributed by atoms with E-state index in [-0.39, 0.29) is 21.9 Å². The van der Waals surface area contributed by atoms with Crippen LogP contribution in [0.2, 0.25) is 0 Å². The standard InChI is InChI=1S/C14H11FN2O2S/c15-12-6-5-10(7-11(12)8-16)9-20(18,19)14-4-2-1-3-13(14)17/h1-7H,9,17H2. The van der Waals surface area contributed by atoms with Gasteiger partial charge in [-0.15, -0.1) is 0 Å². The van der Waals surface area contributed by atoms with Gasteiger partial charge in [-0.25, -0.2) is 12.8 Å². The first-order valence-electron chi connectivity index (χ1n) is 5.70. The van der Waals surface area contributed by atoms with E-state index in [4.69, 9.17) is 11.0 Å². The number of nitrogens with zero attached hydrogens (tertiary/aromatic N) is 1. The van der Waals surface area contributed by atoms with Crippen LogP contribution in [0.4, 0.5) is 10.1 Å². The summed E-state index contributed by atoms with van der Waals surface area (Å²) < 4.78 is 37.7. The highest BCUT2D eigenvalue weighted by molar-refractivity contribution is 7.90. The predicted octanol–water partition coefficient (Wildman–Crippen LogP) is 2.25. The van der Waals surface area contributed by atoms with Gasteiger partial charge in [-0.1, -0.05) is 18.2 Å². The smallest absolute Gasteiger partial charge is 0.184 e. The van der Waals surface area contributed by atoms with Crippen LogP contribution in [0.15, 0.2) is 47.4 Å². The number of nitriles is 1. The van der Waals surface area contributed by atoms with E-state index in [1.165, 1.54) is 24.3 Å². The zero-order valence-corrected chi connectivity index (χ0v) is 11.2. The summed E-state index contributed by atoms with van der Waals surface area (Å²) in [6, 6.07) is 11.5. The van der Waals surface area contributed by atoms with Gasteiger partial charge >= 0.3 is 0 Å². The molecule has 2 N–H and O–H groups in total. The number of para-hydroxylation sites is 1. The molecule has 0 saturated carbocycles. The van der Waals surface area contributed by atoms with Crippen molar-refractivity contribution < 1.29 is 12.8 Å². The summed E-state index contributed by atoms with van der Waals surface area (Å²) in [5.41, 5.74) is 5.97. The lowest BCUT2D eigenvalue weighted by Crippen LogP contribution is -2.08. The number of benzene rings is 2. The summed E-state index contributed by atoms with van der Waals surface area (Å²) >= 11 is 0. The van der Waals surface area contributed by atoms with Crippen LogP contribution in [-0.2, 0) is 15.6 Å². The second-order valence-corrected chi connectivity index (χ2v) is 6.18. The monoisotopic (exact) mass is 290 g/mol. The van der Waals surface area contributed by atoms with E-state index in [0.29, 0.717) is 5.56 Å². The minimum absolute atomic E-state index is 0.0304. The molecule has 0 spiro atoms. The zero-order valence-electron chi connectivity index (χ0n) is 10.4. The summed E-state index contributed by atoms with van der Waals surface area (Å²) in [5.74, 6) is -1.01. The van der Waals surface area contributed by atoms with Gasteiger partial charge in [0.1, 0.15) is 11.9 Å². The van der Waals surface area contributed by atoms with Gasteiger partial charge in [0.05, 0.1) is 21.9 Å². The van der Waals surface area contributed by atoms with E-state index in [0.717, 1.165) is 6.07 Å². The molecule has 2 aromatic carbocycles. The van der Waals surface area contributed by atoms with Gasteiger partial charge in [0.15, 0.2) is 9.84 Å². The maximum Gasteiger partial charge on any atom is 0.184 e. The van der Waals surface area contributed by atoms with Crippen molar-refractivity contribution in [3.63, 3.8) is 0 Å². The fourth-order valence-corrected chi connectivity index (χ4v) is 3.30. The normalized spacial score (nSPS) is 11.0. The summed E-state index contributed by atoms with van der Waals surface area (Å²) in [7, 11) is -3.64. The van der Waals surface area contributed by atoms with Crippen LogP contribution in [0.25, 0.3) is 0 Å². The van der Waals surface area contributed by atoms with Crippen molar-refractivity contribution in [2.75, 3.05) is 5.73 Å². The lowest BCUT2D eigenvalue weighted by Gasteiger charge is -2.07. The predicted molar refractivity (Wildman–Crippen MR) is 72.9 cm³/mol. The fraction of sp³-hybridized carbons (Fsp3) is 0.0714. The SMILES string of the molecule is N#Cc1cc(CS(=O)(=O)c2ccccc2N)ccc1F. The quantitative estimate of drug-likeness (QED) is 0.879. The maximum absolute atomic E-state index is 13.2. The Balaban J connectivity index is 2.39. The van der Waals surface area contributed by atoms with Crippen molar-refractivity contribution in [2.24, 2.45) is 0 Å². The highest BCUT2D eigenvalue weighted by Gasteiger charge is 2.18. The third-order valence-electron chi connectivity index (χ3n) is 2.76. The number of sulfone groups is 1. The first kappa shape index (κ1) is 14.0. The van der Waals surface area contributed by atoms with Crippen molar-refractivity contribution in [3.05, 3.63) is 59.4 Å². The topological polar surface area (TPSA) is 84.0 Å². The first-order valence-corrected chi connectivity index (χ1v) is 7.35. The molecule has 0 heterocycles. The molecule has 0 radical (unpaired) electrons. The molecule has 0 amide bonds. The number of halogens is 1. The minimum Gasteiger partial charge on any atom is -0.398 e. The van der Waals surface area contributed by atoms with E-state index < -0.39 is 15.7 Å². The summed E-state index contributed by atoms with van der Waals surface area (Å²) in [6.07, 6.45) is 0. The number of rotatable bonds is 3. The Morgan fingerprint density at radius 3 is 2.55 bits per heavy atom. The van der Waals surface area contributed by atoms with Gasteiger partial charge in [-0.3, -0.25) is 0 Å². The lowest BCUT2D eigenvalue weighted by atomic mass is 10.1. The second kappa shape index (κ2) is 5.31. The summed E-state index contributed by atoms with van der Waals surface area (Å²) in [5, 5.41) is 8.74. The molecular formula is C14H11FN2O2S. The number of hydrogen-bond acceptors (Lipinski definition) is 4. The number of nitrogen functional groups attached to an aromatic ring is 1. The van der Waals surface area contributed by atoms with E-state index in [2.05, 4.69) is 0 Å². The van der Waals surface area contributed by atoms with E-state index >= 15 is 0 Å². The molecule has 2 rings (SSSR count). The summed E-state index contributed by atoms with van der Waals surface area (Å²) in [4.78, 5) is 0.0304. The Bertz CT molecular complexity index is 795. The van der Waals surface area contributed by atoms with Gasteiger partial charge in [0.25, 0.3) is 0 Å². The van der Waals surface area contributed by atoms with Crippen LogP contribution >= 0.6 is 0 Å². The van der Waals surface area contributed by atoms with Crippen LogP contribution in [0.5, 0.6) is 0 Å². The molecule has 0 atom stereocenters. The Labute approximate surface area is 116 Å². The van der Waals surface area contributed by atoms with Crippen molar-refractivity contribution in [1.29, 1.82) is 5.26 Å². The third kappa shape index (κ3) is 2.78. The van der Waals surface area contributed by atoms with Gasteiger partial charge in [0.2, 0.25) is 0 Å². The highest BCUT2D eigenvalue weighted by atomic mass is 32.2. The molecule has 4 nitrogen and oxygen atoms in total. The number of anilines is 1. The summed E-state index contributed by atoms with van der Waals surface area (Å²) in [6.45, 7) is 0. The Hall–Kier alpha value is -2.39.